The van der Waals surface area contributed by atoms with E-state index in [1.165, 1.54) is 11.1 Å². The van der Waals surface area contributed by atoms with Gasteiger partial charge in [-0.05, 0) is 24.0 Å². The number of benzene rings is 1. The third-order valence-electron chi connectivity index (χ3n) is 3.54. The van der Waals surface area contributed by atoms with Gasteiger partial charge >= 0.3 is 0 Å². The molecule has 20 heavy (non-hydrogen) atoms. The largest absolute Gasteiger partial charge is 0.394 e. The molecule has 4 heteroatoms. The molecule has 0 amide bonds. The SMILES string of the molecule is CCCc1nn(C)c(NCc2ccc(CC)cc2)c1N. The first kappa shape index (κ1) is 14.4. The number of nitrogens with zero attached hydrogens (tertiary/aromatic N) is 2. The molecular formula is C16H24N4. The fourth-order valence-corrected chi connectivity index (χ4v) is 2.31. The molecule has 3 N–H and O–H groups in total. The number of nitrogens with one attached hydrogen (secondary N) is 1. The first-order valence-corrected chi connectivity index (χ1v) is 7.28. The fourth-order valence-electron chi connectivity index (χ4n) is 2.31. The summed E-state index contributed by atoms with van der Waals surface area (Å²) in [6, 6.07) is 8.66. The monoisotopic (exact) mass is 272 g/mol. The van der Waals surface area contributed by atoms with Crippen molar-refractivity contribution in [2.45, 2.75) is 39.7 Å². The number of nitrogens with two attached hydrogens (primary N) is 1. The summed E-state index contributed by atoms with van der Waals surface area (Å²) < 4.78 is 1.83. The quantitative estimate of drug-likeness (QED) is 0.849. The van der Waals surface area contributed by atoms with E-state index >= 15 is 0 Å². The summed E-state index contributed by atoms with van der Waals surface area (Å²) in [5, 5.41) is 7.86. The maximum atomic E-state index is 6.15. The zero-order valence-corrected chi connectivity index (χ0v) is 12.6. The number of rotatable bonds is 6. The lowest BCUT2D eigenvalue weighted by molar-refractivity contribution is 0.735. The first-order chi connectivity index (χ1) is 9.65. The Balaban J connectivity index is 2.06. The molecular weight excluding hydrogens is 248 g/mol. The van der Waals surface area contributed by atoms with Gasteiger partial charge in [-0.25, -0.2) is 0 Å². The molecule has 0 atom stereocenters. The molecule has 0 saturated heterocycles. The molecule has 0 aliphatic rings. The molecule has 1 heterocycles. The van der Waals surface area contributed by atoms with Crippen molar-refractivity contribution in [3.8, 4) is 0 Å². The maximum Gasteiger partial charge on any atom is 0.148 e. The Morgan fingerprint density at radius 1 is 1.15 bits per heavy atom. The van der Waals surface area contributed by atoms with Gasteiger partial charge in [-0.15, -0.1) is 0 Å². The highest BCUT2D eigenvalue weighted by Crippen LogP contribution is 2.23. The number of nitrogen functional groups attached to an aromatic ring is 1. The van der Waals surface area contributed by atoms with Crippen molar-refractivity contribution in [2.24, 2.45) is 7.05 Å². The van der Waals surface area contributed by atoms with Gasteiger partial charge in [0.1, 0.15) is 5.82 Å². The van der Waals surface area contributed by atoms with Gasteiger partial charge in [-0.1, -0.05) is 44.5 Å². The molecule has 0 radical (unpaired) electrons. The minimum atomic E-state index is 0.763. The van der Waals surface area contributed by atoms with Crippen LogP contribution >= 0.6 is 0 Å². The molecule has 2 rings (SSSR count). The standard InChI is InChI=1S/C16H24N4/c1-4-6-14-15(17)16(20(3)19-14)18-11-13-9-7-12(5-2)8-10-13/h7-10,18H,4-6,11,17H2,1-3H3. The Morgan fingerprint density at radius 2 is 1.80 bits per heavy atom. The summed E-state index contributed by atoms with van der Waals surface area (Å²) in [4.78, 5) is 0. The van der Waals surface area contributed by atoms with E-state index in [1.54, 1.807) is 0 Å². The second-order valence-corrected chi connectivity index (χ2v) is 5.11. The summed E-state index contributed by atoms with van der Waals surface area (Å²) in [5.41, 5.74) is 10.5. The van der Waals surface area contributed by atoms with Crippen molar-refractivity contribution in [1.82, 2.24) is 9.78 Å². The Labute approximate surface area is 121 Å². The molecule has 0 fully saturated rings. The van der Waals surface area contributed by atoms with Crippen LogP contribution in [0.4, 0.5) is 11.5 Å². The van der Waals surface area contributed by atoms with Crippen LogP contribution in [0.3, 0.4) is 0 Å². The molecule has 2 aromatic rings. The smallest absolute Gasteiger partial charge is 0.148 e. The highest BCUT2D eigenvalue weighted by molar-refractivity contribution is 5.65. The van der Waals surface area contributed by atoms with Crippen molar-refractivity contribution in [3.63, 3.8) is 0 Å². The van der Waals surface area contributed by atoms with Gasteiger partial charge in [0.2, 0.25) is 0 Å². The van der Waals surface area contributed by atoms with Crippen molar-refractivity contribution < 1.29 is 0 Å². The van der Waals surface area contributed by atoms with E-state index in [2.05, 4.69) is 48.5 Å². The molecule has 108 valence electrons. The van der Waals surface area contributed by atoms with Gasteiger partial charge in [-0.2, -0.15) is 5.10 Å². The lowest BCUT2D eigenvalue weighted by Gasteiger charge is -2.08. The number of aromatic nitrogens is 2. The van der Waals surface area contributed by atoms with Crippen molar-refractivity contribution in [2.75, 3.05) is 11.1 Å². The number of aryl methyl sites for hydroxylation is 3. The highest BCUT2D eigenvalue weighted by Gasteiger charge is 2.11. The van der Waals surface area contributed by atoms with Crippen LogP contribution in [0.15, 0.2) is 24.3 Å². The summed E-state index contributed by atoms with van der Waals surface area (Å²) >= 11 is 0. The van der Waals surface area contributed by atoms with Gasteiger partial charge in [0.25, 0.3) is 0 Å². The predicted molar refractivity (Wildman–Crippen MR) is 84.8 cm³/mol. The molecule has 0 aliphatic carbocycles. The first-order valence-electron chi connectivity index (χ1n) is 7.28. The molecule has 0 bridgehead atoms. The second-order valence-electron chi connectivity index (χ2n) is 5.11. The lowest BCUT2D eigenvalue weighted by atomic mass is 10.1. The van der Waals surface area contributed by atoms with E-state index in [4.69, 9.17) is 5.73 Å². The third kappa shape index (κ3) is 3.13. The molecule has 0 aliphatic heterocycles. The number of anilines is 2. The molecule has 1 aromatic carbocycles. The average Bonchev–Trinajstić information content (AvgIpc) is 2.72. The lowest BCUT2D eigenvalue weighted by Crippen LogP contribution is -2.06. The van der Waals surface area contributed by atoms with Gasteiger partial charge in [0.05, 0.1) is 11.4 Å². The van der Waals surface area contributed by atoms with Gasteiger partial charge in [0, 0.05) is 13.6 Å². The van der Waals surface area contributed by atoms with E-state index in [-0.39, 0.29) is 0 Å². The number of hydrogen-bond donors (Lipinski definition) is 2. The Kier molecular flexibility index (Phi) is 4.66. The predicted octanol–water partition coefficient (Wildman–Crippen LogP) is 3.13. The van der Waals surface area contributed by atoms with E-state index in [1.807, 2.05) is 11.7 Å². The highest BCUT2D eigenvalue weighted by atomic mass is 15.3. The Morgan fingerprint density at radius 3 is 2.40 bits per heavy atom. The van der Waals surface area contributed by atoms with E-state index in [9.17, 15) is 0 Å². The van der Waals surface area contributed by atoms with Crippen LogP contribution in [0.5, 0.6) is 0 Å². The normalized spacial score (nSPS) is 10.8. The topological polar surface area (TPSA) is 55.9 Å². The minimum Gasteiger partial charge on any atom is -0.394 e. The molecule has 4 nitrogen and oxygen atoms in total. The molecule has 0 saturated carbocycles. The van der Waals surface area contributed by atoms with Gasteiger partial charge in [-0.3, -0.25) is 4.68 Å². The van der Waals surface area contributed by atoms with Gasteiger partial charge < -0.3 is 11.1 Å². The van der Waals surface area contributed by atoms with E-state index < -0.39 is 0 Å². The fraction of sp³-hybridized carbons (Fsp3) is 0.438. The van der Waals surface area contributed by atoms with Crippen molar-refractivity contribution in [3.05, 3.63) is 41.1 Å². The van der Waals surface area contributed by atoms with E-state index in [0.29, 0.717) is 0 Å². The maximum absolute atomic E-state index is 6.15. The minimum absolute atomic E-state index is 0.763. The van der Waals surface area contributed by atoms with Gasteiger partial charge in [0.15, 0.2) is 0 Å². The second kappa shape index (κ2) is 6.46. The third-order valence-corrected chi connectivity index (χ3v) is 3.54. The Bertz CT molecular complexity index is 555. The van der Waals surface area contributed by atoms with Crippen LogP contribution in [-0.4, -0.2) is 9.78 Å². The number of hydrogen-bond acceptors (Lipinski definition) is 3. The summed E-state index contributed by atoms with van der Waals surface area (Å²) in [7, 11) is 1.93. The van der Waals surface area contributed by atoms with Crippen molar-refractivity contribution >= 4 is 11.5 Å². The zero-order chi connectivity index (χ0) is 14.5. The Hall–Kier alpha value is -1.97. The molecule has 0 spiro atoms. The average molecular weight is 272 g/mol. The summed E-state index contributed by atoms with van der Waals surface area (Å²) in [6.07, 6.45) is 3.05. The van der Waals surface area contributed by atoms with Crippen LogP contribution in [0.2, 0.25) is 0 Å². The van der Waals surface area contributed by atoms with Crippen LogP contribution in [0.25, 0.3) is 0 Å². The van der Waals surface area contributed by atoms with Crippen molar-refractivity contribution in [1.29, 1.82) is 0 Å². The molecule has 1 aromatic heterocycles. The van der Waals surface area contributed by atoms with Crippen LogP contribution in [0.1, 0.15) is 37.1 Å². The van der Waals surface area contributed by atoms with Crippen LogP contribution in [-0.2, 0) is 26.4 Å². The zero-order valence-electron chi connectivity index (χ0n) is 12.6. The van der Waals surface area contributed by atoms with Crippen LogP contribution < -0.4 is 11.1 Å². The summed E-state index contributed by atoms with van der Waals surface area (Å²) in [6.45, 7) is 5.06. The molecule has 0 unspecified atom stereocenters. The summed E-state index contributed by atoms with van der Waals surface area (Å²) in [5.74, 6) is 0.910. The van der Waals surface area contributed by atoms with Crippen LogP contribution in [0, 0.1) is 0 Å². The van der Waals surface area contributed by atoms with E-state index in [0.717, 1.165) is 43.0 Å².